The van der Waals surface area contributed by atoms with Crippen LogP contribution >= 0.6 is 0 Å². The van der Waals surface area contributed by atoms with Crippen LogP contribution in [0.5, 0.6) is 0 Å². The first-order valence-corrected chi connectivity index (χ1v) is 11.5. The van der Waals surface area contributed by atoms with Gasteiger partial charge in [0.2, 0.25) is 0 Å². The predicted octanol–water partition coefficient (Wildman–Crippen LogP) is 4.60. The van der Waals surface area contributed by atoms with Crippen LogP contribution in [0.15, 0.2) is 83.8 Å². The molecule has 0 aromatic heterocycles. The first kappa shape index (κ1) is 20.3. The van der Waals surface area contributed by atoms with Crippen molar-refractivity contribution in [3.05, 3.63) is 101 Å². The molecular formula is C24H22FNO3S. The molecule has 1 fully saturated rings. The predicted molar refractivity (Wildman–Crippen MR) is 113 cm³/mol. The molecule has 0 saturated heterocycles. The lowest BCUT2D eigenvalue weighted by Crippen LogP contribution is -2.32. The van der Waals surface area contributed by atoms with Crippen LogP contribution in [0.1, 0.15) is 34.3 Å². The van der Waals surface area contributed by atoms with E-state index >= 15 is 0 Å². The van der Waals surface area contributed by atoms with Crippen molar-refractivity contribution in [2.75, 3.05) is 0 Å². The van der Waals surface area contributed by atoms with Crippen molar-refractivity contribution < 1.29 is 17.6 Å². The van der Waals surface area contributed by atoms with Crippen LogP contribution in [0.4, 0.5) is 4.39 Å². The summed E-state index contributed by atoms with van der Waals surface area (Å²) >= 11 is 0. The second-order valence-corrected chi connectivity index (χ2v) is 9.55. The standard InChI is InChI=1S/C24H22FNO3S/c25-21-12-8-18(9-13-21)16-26(22-14-15-22)24(27)20-10-6-19(7-11-20)17-30(28,29)23-4-2-1-3-5-23/h1-13,22H,14-17H2. The number of carbonyl (C=O) groups excluding carboxylic acids is 1. The van der Waals surface area contributed by atoms with Gasteiger partial charge in [-0.3, -0.25) is 4.79 Å². The van der Waals surface area contributed by atoms with E-state index in [9.17, 15) is 17.6 Å². The molecule has 0 heterocycles. The molecule has 4 nitrogen and oxygen atoms in total. The average Bonchev–Trinajstić information content (AvgIpc) is 3.59. The number of rotatable bonds is 7. The molecule has 30 heavy (non-hydrogen) atoms. The van der Waals surface area contributed by atoms with E-state index in [1.165, 1.54) is 12.1 Å². The fourth-order valence-electron chi connectivity index (χ4n) is 3.38. The minimum absolute atomic E-state index is 0.0979. The van der Waals surface area contributed by atoms with Crippen molar-refractivity contribution in [2.24, 2.45) is 0 Å². The third kappa shape index (κ3) is 4.76. The summed E-state index contributed by atoms with van der Waals surface area (Å²) in [6.07, 6.45) is 1.92. The van der Waals surface area contributed by atoms with Crippen LogP contribution in [-0.2, 0) is 22.1 Å². The second-order valence-electron chi connectivity index (χ2n) is 7.56. The van der Waals surface area contributed by atoms with Gasteiger partial charge in [0.1, 0.15) is 5.82 Å². The van der Waals surface area contributed by atoms with E-state index in [0.717, 1.165) is 18.4 Å². The number of halogens is 1. The summed E-state index contributed by atoms with van der Waals surface area (Å²) in [4.78, 5) is 15.1. The van der Waals surface area contributed by atoms with E-state index in [1.54, 1.807) is 66.7 Å². The number of sulfone groups is 1. The van der Waals surface area contributed by atoms with Crippen molar-refractivity contribution in [1.82, 2.24) is 4.90 Å². The van der Waals surface area contributed by atoms with Gasteiger partial charge >= 0.3 is 0 Å². The molecule has 3 aromatic rings. The van der Waals surface area contributed by atoms with Crippen LogP contribution in [0.25, 0.3) is 0 Å². The Morgan fingerprint density at radius 3 is 2.07 bits per heavy atom. The molecule has 1 aliphatic carbocycles. The summed E-state index contributed by atoms with van der Waals surface area (Å²) in [7, 11) is -3.44. The lowest BCUT2D eigenvalue weighted by Gasteiger charge is -2.23. The van der Waals surface area contributed by atoms with Gasteiger partial charge in [-0.2, -0.15) is 0 Å². The van der Waals surface area contributed by atoms with Gasteiger partial charge in [0.05, 0.1) is 10.6 Å². The van der Waals surface area contributed by atoms with Crippen LogP contribution in [0.3, 0.4) is 0 Å². The van der Waals surface area contributed by atoms with Gasteiger partial charge in [-0.15, -0.1) is 0 Å². The molecule has 1 saturated carbocycles. The average molecular weight is 424 g/mol. The fraction of sp³-hybridized carbons (Fsp3) is 0.208. The monoisotopic (exact) mass is 423 g/mol. The Kier molecular flexibility index (Phi) is 5.68. The summed E-state index contributed by atoms with van der Waals surface area (Å²) in [5, 5.41) is 0. The van der Waals surface area contributed by atoms with Crippen molar-refractivity contribution in [3.8, 4) is 0 Å². The number of carbonyl (C=O) groups is 1. The van der Waals surface area contributed by atoms with Crippen LogP contribution in [0, 0.1) is 5.82 Å². The van der Waals surface area contributed by atoms with Crippen molar-refractivity contribution in [2.45, 2.75) is 36.1 Å². The number of amides is 1. The van der Waals surface area contributed by atoms with E-state index < -0.39 is 9.84 Å². The molecule has 154 valence electrons. The van der Waals surface area contributed by atoms with Crippen molar-refractivity contribution in [1.29, 1.82) is 0 Å². The Hall–Kier alpha value is -2.99. The number of hydrogen-bond acceptors (Lipinski definition) is 3. The maximum atomic E-state index is 13.2. The Morgan fingerprint density at radius 1 is 0.867 bits per heavy atom. The molecule has 0 aliphatic heterocycles. The van der Waals surface area contributed by atoms with Crippen LogP contribution in [0.2, 0.25) is 0 Å². The minimum Gasteiger partial charge on any atom is -0.331 e. The molecule has 1 amide bonds. The molecule has 6 heteroatoms. The van der Waals surface area contributed by atoms with Crippen molar-refractivity contribution in [3.63, 3.8) is 0 Å². The zero-order valence-electron chi connectivity index (χ0n) is 16.4. The third-order valence-electron chi connectivity index (χ3n) is 5.17. The highest BCUT2D eigenvalue weighted by molar-refractivity contribution is 7.90. The highest BCUT2D eigenvalue weighted by atomic mass is 32.2. The van der Waals surface area contributed by atoms with Gasteiger partial charge in [-0.25, -0.2) is 12.8 Å². The van der Waals surface area contributed by atoms with Gasteiger partial charge in [-0.05, 0) is 60.4 Å². The zero-order chi connectivity index (χ0) is 21.1. The van der Waals surface area contributed by atoms with E-state index in [4.69, 9.17) is 0 Å². The van der Waals surface area contributed by atoms with E-state index in [-0.39, 0.29) is 28.4 Å². The lowest BCUT2D eigenvalue weighted by atomic mass is 10.1. The topological polar surface area (TPSA) is 54.5 Å². The molecule has 4 rings (SSSR count). The molecule has 0 bridgehead atoms. The Labute approximate surface area is 175 Å². The Bertz CT molecular complexity index is 1120. The van der Waals surface area contributed by atoms with E-state index in [0.29, 0.717) is 17.7 Å². The molecule has 3 aromatic carbocycles. The summed E-state index contributed by atoms with van der Waals surface area (Å²) in [6, 6.07) is 21.4. The maximum Gasteiger partial charge on any atom is 0.254 e. The summed E-state index contributed by atoms with van der Waals surface area (Å²) in [6.45, 7) is 0.425. The molecule has 1 aliphatic rings. The Balaban J connectivity index is 1.48. The zero-order valence-corrected chi connectivity index (χ0v) is 17.2. The van der Waals surface area contributed by atoms with E-state index in [2.05, 4.69) is 0 Å². The smallest absolute Gasteiger partial charge is 0.254 e. The van der Waals surface area contributed by atoms with Crippen LogP contribution < -0.4 is 0 Å². The molecular weight excluding hydrogens is 401 g/mol. The second kappa shape index (κ2) is 8.40. The lowest BCUT2D eigenvalue weighted by molar-refractivity contribution is 0.0730. The van der Waals surface area contributed by atoms with Gasteiger partial charge in [0, 0.05) is 18.2 Å². The first-order valence-electron chi connectivity index (χ1n) is 9.84. The largest absolute Gasteiger partial charge is 0.331 e. The number of nitrogens with zero attached hydrogens (tertiary/aromatic N) is 1. The SMILES string of the molecule is O=C(c1ccc(CS(=O)(=O)c2ccccc2)cc1)N(Cc1ccc(F)cc1)C1CC1. The molecule has 0 spiro atoms. The Morgan fingerprint density at radius 2 is 1.47 bits per heavy atom. The summed E-state index contributed by atoms with van der Waals surface area (Å²) in [5.41, 5.74) is 2.03. The normalized spacial score (nSPS) is 13.8. The number of hydrogen-bond donors (Lipinski definition) is 0. The van der Waals surface area contributed by atoms with Gasteiger partial charge in [-0.1, -0.05) is 42.5 Å². The van der Waals surface area contributed by atoms with E-state index in [1.807, 2.05) is 4.90 Å². The van der Waals surface area contributed by atoms with Gasteiger partial charge < -0.3 is 4.90 Å². The third-order valence-corrected chi connectivity index (χ3v) is 6.88. The van der Waals surface area contributed by atoms with Gasteiger partial charge in [0.25, 0.3) is 5.91 Å². The van der Waals surface area contributed by atoms with Crippen LogP contribution in [-0.4, -0.2) is 25.3 Å². The van der Waals surface area contributed by atoms with Crippen molar-refractivity contribution >= 4 is 15.7 Å². The summed E-state index contributed by atoms with van der Waals surface area (Å²) in [5.74, 6) is -0.517. The summed E-state index contributed by atoms with van der Waals surface area (Å²) < 4.78 is 38.3. The highest BCUT2D eigenvalue weighted by Gasteiger charge is 2.33. The van der Waals surface area contributed by atoms with Gasteiger partial charge in [0.15, 0.2) is 9.84 Å². The molecule has 0 N–H and O–H groups in total. The quantitative estimate of drug-likeness (QED) is 0.558. The molecule has 0 atom stereocenters. The molecule has 0 unspecified atom stereocenters. The molecule has 0 radical (unpaired) electrons. The fourth-order valence-corrected chi connectivity index (χ4v) is 4.75. The first-order chi connectivity index (χ1) is 14.4. The minimum atomic E-state index is -3.44. The maximum absolute atomic E-state index is 13.2. The number of benzene rings is 3. The highest BCUT2D eigenvalue weighted by Crippen LogP contribution is 2.30.